The van der Waals surface area contributed by atoms with Crippen molar-refractivity contribution in [3.8, 4) is 5.75 Å². The summed E-state index contributed by atoms with van der Waals surface area (Å²) >= 11 is 3.04. The molecule has 0 fully saturated rings. The van der Waals surface area contributed by atoms with E-state index in [0.717, 1.165) is 0 Å². The van der Waals surface area contributed by atoms with E-state index in [2.05, 4.69) is 20.9 Å². The number of benzene rings is 1. The highest BCUT2D eigenvalue weighted by molar-refractivity contribution is 9.10. The predicted molar refractivity (Wildman–Crippen MR) is 75.5 cm³/mol. The lowest BCUT2D eigenvalue weighted by Gasteiger charge is -2.16. The van der Waals surface area contributed by atoms with Crippen LogP contribution in [0.1, 0.15) is 17.2 Å². The Bertz CT molecular complexity index is 622. The van der Waals surface area contributed by atoms with E-state index in [-0.39, 0.29) is 16.5 Å². The van der Waals surface area contributed by atoms with Crippen LogP contribution in [0.3, 0.4) is 0 Å². The summed E-state index contributed by atoms with van der Waals surface area (Å²) in [7, 11) is 1.49. The van der Waals surface area contributed by atoms with Crippen molar-refractivity contribution in [3.63, 3.8) is 0 Å². The van der Waals surface area contributed by atoms with Crippen LogP contribution in [-0.2, 0) is 6.42 Å². The second kappa shape index (κ2) is 6.28. The molecule has 0 aliphatic heterocycles. The third-order valence-corrected chi connectivity index (χ3v) is 3.61. The van der Waals surface area contributed by atoms with Gasteiger partial charge in [0.05, 0.1) is 17.8 Å². The molecular formula is C14H13BrF2N2O. The molecular weight excluding hydrogens is 330 g/mol. The molecule has 2 N–H and O–H groups in total. The Morgan fingerprint density at radius 3 is 2.80 bits per heavy atom. The number of nitrogens with zero attached hydrogens (tertiary/aromatic N) is 1. The van der Waals surface area contributed by atoms with Gasteiger partial charge in [-0.15, -0.1) is 0 Å². The summed E-state index contributed by atoms with van der Waals surface area (Å²) in [5.41, 5.74) is 6.64. The minimum absolute atomic E-state index is 0.0253. The van der Waals surface area contributed by atoms with Gasteiger partial charge in [0.25, 0.3) is 0 Å². The number of pyridine rings is 1. The maximum Gasteiger partial charge on any atom is 0.143 e. The number of methoxy groups -OCH3 is 1. The Balaban J connectivity index is 2.33. The van der Waals surface area contributed by atoms with E-state index in [0.29, 0.717) is 11.3 Å². The molecule has 1 aromatic heterocycles. The van der Waals surface area contributed by atoms with E-state index in [1.54, 1.807) is 12.3 Å². The van der Waals surface area contributed by atoms with E-state index in [1.165, 1.54) is 25.4 Å². The van der Waals surface area contributed by atoms with Crippen LogP contribution in [0.4, 0.5) is 8.78 Å². The lowest BCUT2D eigenvalue weighted by atomic mass is 9.99. The van der Waals surface area contributed by atoms with Gasteiger partial charge in [-0.3, -0.25) is 4.98 Å². The van der Waals surface area contributed by atoms with Gasteiger partial charge in [-0.2, -0.15) is 0 Å². The highest BCUT2D eigenvalue weighted by Gasteiger charge is 2.18. The van der Waals surface area contributed by atoms with Crippen LogP contribution in [0.15, 0.2) is 35.1 Å². The number of ether oxygens (including phenoxy) is 1. The standard InChI is InChI=1S/C14H13BrF2N2O/c1-20-13-7-19-5-4-8(13)12(18)6-9-11(16)3-2-10(15)14(9)17/h2-5,7,12H,6,18H2,1H3. The largest absolute Gasteiger partial charge is 0.495 e. The Kier molecular flexibility index (Phi) is 4.67. The van der Waals surface area contributed by atoms with Gasteiger partial charge in [0.1, 0.15) is 17.4 Å². The summed E-state index contributed by atoms with van der Waals surface area (Å²) in [6, 6.07) is 3.62. The topological polar surface area (TPSA) is 48.1 Å². The molecule has 0 radical (unpaired) electrons. The summed E-state index contributed by atoms with van der Waals surface area (Å²) in [6.07, 6.45) is 3.10. The number of aromatic nitrogens is 1. The summed E-state index contributed by atoms with van der Waals surface area (Å²) in [4.78, 5) is 3.92. The highest BCUT2D eigenvalue weighted by atomic mass is 79.9. The molecule has 0 bridgehead atoms. The Morgan fingerprint density at radius 2 is 2.10 bits per heavy atom. The molecule has 1 unspecified atom stereocenters. The predicted octanol–water partition coefficient (Wildman–Crippen LogP) is 3.37. The lowest BCUT2D eigenvalue weighted by Crippen LogP contribution is -2.16. The van der Waals surface area contributed by atoms with Crippen LogP contribution in [0, 0.1) is 11.6 Å². The summed E-state index contributed by atoms with van der Waals surface area (Å²) in [5.74, 6) is -0.751. The van der Waals surface area contributed by atoms with Gasteiger partial charge in [0.2, 0.25) is 0 Å². The normalized spacial score (nSPS) is 12.2. The van der Waals surface area contributed by atoms with Crippen molar-refractivity contribution in [2.75, 3.05) is 7.11 Å². The number of hydrogen-bond acceptors (Lipinski definition) is 3. The van der Waals surface area contributed by atoms with Crippen molar-refractivity contribution in [1.29, 1.82) is 0 Å². The zero-order valence-electron chi connectivity index (χ0n) is 10.7. The second-order valence-electron chi connectivity index (χ2n) is 4.25. The third kappa shape index (κ3) is 2.96. The summed E-state index contributed by atoms with van der Waals surface area (Å²) in [6.45, 7) is 0. The quantitative estimate of drug-likeness (QED) is 0.866. The van der Waals surface area contributed by atoms with Crippen molar-refractivity contribution < 1.29 is 13.5 Å². The Hall–Kier alpha value is -1.53. The smallest absolute Gasteiger partial charge is 0.143 e. The van der Waals surface area contributed by atoms with E-state index < -0.39 is 17.7 Å². The van der Waals surface area contributed by atoms with E-state index in [1.807, 2.05) is 0 Å². The lowest BCUT2D eigenvalue weighted by molar-refractivity contribution is 0.402. The molecule has 0 saturated heterocycles. The molecule has 3 nitrogen and oxygen atoms in total. The van der Waals surface area contributed by atoms with Gasteiger partial charge >= 0.3 is 0 Å². The summed E-state index contributed by atoms with van der Waals surface area (Å²) in [5, 5.41) is 0. The maximum atomic E-state index is 13.9. The van der Waals surface area contributed by atoms with Crippen molar-refractivity contribution in [3.05, 3.63) is 57.8 Å². The van der Waals surface area contributed by atoms with Crippen molar-refractivity contribution in [2.45, 2.75) is 12.5 Å². The molecule has 1 heterocycles. The Morgan fingerprint density at radius 1 is 1.35 bits per heavy atom. The number of rotatable bonds is 4. The van der Waals surface area contributed by atoms with Gasteiger partial charge in [-0.25, -0.2) is 8.78 Å². The Labute approximate surface area is 123 Å². The maximum absolute atomic E-state index is 13.9. The first kappa shape index (κ1) is 14.9. The van der Waals surface area contributed by atoms with Gasteiger partial charge in [0.15, 0.2) is 0 Å². The van der Waals surface area contributed by atoms with Crippen molar-refractivity contribution in [1.82, 2.24) is 4.98 Å². The zero-order valence-corrected chi connectivity index (χ0v) is 12.3. The molecule has 2 aromatic rings. The second-order valence-corrected chi connectivity index (χ2v) is 5.10. The van der Waals surface area contributed by atoms with E-state index in [4.69, 9.17) is 10.5 Å². The summed E-state index contributed by atoms with van der Waals surface area (Å²) < 4.78 is 33.0. The molecule has 2 rings (SSSR count). The highest BCUT2D eigenvalue weighted by Crippen LogP contribution is 2.28. The van der Waals surface area contributed by atoms with Crippen LogP contribution in [0.5, 0.6) is 5.75 Å². The zero-order chi connectivity index (χ0) is 14.7. The van der Waals surface area contributed by atoms with Crippen LogP contribution < -0.4 is 10.5 Å². The molecule has 1 atom stereocenters. The van der Waals surface area contributed by atoms with Crippen LogP contribution in [0.25, 0.3) is 0 Å². The molecule has 106 valence electrons. The first-order valence-corrected chi connectivity index (χ1v) is 6.69. The van der Waals surface area contributed by atoms with E-state index >= 15 is 0 Å². The third-order valence-electron chi connectivity index (χ3n) is 3.00. The molecule has 6 heteroatoms. The monoisotopic (exact) mass is 342 g/mol. The average molecular weight is 343 g/mol. The molecule has 0 saturated carbocycles. The van der Waals surface area contributed by atoms with Gasteiger partial charge in [-0.05, 0) is 40.5 Å². The molecule has 0 aliphatic carbocycles. The van der Waals surface area contributed by atoms with Gasteiger partial charge in [0, 0.05) is 23.4 Å². The average Bonchev–Trinajstić information content (AvgIpc) is 2.47. The van der Waals surface area contributed by atoms with Crippen molar-refractivity contribution in [2.24, 2.45) is 5.73 Å². The number of nitrogens with two attached hydrogens (primary N) is 1. The van der Waals surface area contributed by atoms with Gasteiger partial charge < -0.3 is 10.5 Å². The van der Waals surface area contributed by atoms with Crippen molar-refractivity contribution >= 4 is 15.9 Å². The van der Waals surface area contributed by atoms with Crippen LogP contribution >= 0.6 is 15.9 Å². The first-order chi connectivity index (χ1) is 9.54. The fourth-order valence-corrected chi connectivity index (χ4v) is 2.33. The van der Waals surface area contributed by atoms with E-state index in [9.17, 15) is 8.78 Å². The number of hydrogen-bond donors (Lipinski definition) is 1. The molecule has 0 aliphatic rings. The SMILES string of the molecule is COc1cnccc1C(N)Cc1c(F)ccc(Br)c1F. The minimum atomic E-state index is -0.631. The fourth-order valence-electron chi connectivity index (χ4n) is 1.95. The first-order valence-electron chi connectivity index (χ1n) is 5.90. The fraction of sp³-hybridized carbons (Fsp3) is 0.214. The molecule has 20 heavy (non-hydrogen) atoms. The number of halogens is 3. The molecule has 0 spiro atoms. The minimum Gasteiger partial charge on any atom is -0.495 e. The molecule has 1 aromatic carbocycles. The van der Waals surface area contributed by atoms with Gasteiger partial charge in [-0.1, -0.05) is 0 Å². The molecule has 0 amide bonds. The van der Waals surface area contributed by atoms with Crippen LogP contribution in [-0.4, -0.2) is 12.1 Å². The van der Waals surface area contributed by atoms with Crippen LogP contribution in [0.2, 0.25) is 0 Å².